The Balaban J connectivity index is 1.89. The van der Waals surface area contributed by atoms with Gasteiger partial charge in [0.1, 0.15) is 5.60 Å². The number of nitrogens with zero attached hydrogens (tertiary/aromatic N) is 1. The second-order valence-corrected chi connectivity index (χ2v) is 7.39. The number of amides is 3. The fraction of sp³-hybridized carbons (Fsp3) is 0.526. The van der Waals surface area contributed by atoms with Gasteiger partial charge in [-0.15, -0.1) is 0 Å². The van der Waals surface area contributed by atoms with Gasteiger partial charge in [-0.05, 0) is 51.8 Å². The Kier molecular flexibility index (Phi) is 6.23. The number of carbonyl (C=O) groups is 3. The van der Waals surface area contributed by atoms with Crippen LogP contribution in [0.15, 0.2) is 24.3 Å². The van der Waals surface area contributed by atoms with Gasteiger partial charge in [-0.2, -0.15) is 0 Å². The number of rotatable bonds is 3. The summed E-state index contributed by atoms with van der Waals surface area (Å²) in [7, 11) is 1.56. The van der Waals surface area contributed by atoms with Gasteiger partial charge >= 0.3 is 6.09 Å². The third kappa shape index (κ3) is 5.47. The van der Waals surface area contributed by atoms with Crippen LogP contribution >= 0.6 is 0 Å². The molecule has 0 aliphatic carbocycles. The summed E-state index contributed by atoms with van der Waals surface area (Å²) in [6, 6.07) is 6.81. The van der Waals surface area contributed by atoms with E-state index < -0.39 is 5.60 Å². The fourth-order valence-electron chi connectivity index (χ4n) is 2.78. The molecule has 3 amide bonds. The quantitative estimate of drug-likeness (QED) is 0.866. The van der Waals surface area contributed by atoms with Crippen molar-refractivity contribution >= 4 is 23.6 Å². The highest BCUT2D eigenvalue weighted by molar-refractivity contribution is 5.97. The van der Waals surface area contributed by atoms with Crippen LogP contribution in [0.1, 0.15) is 44.0 Å². The minimum absolute atomic E-state index is 0.0945. The van der Waals surface area contributed by atoms with Gasteiger partial charge < -0.3 is 20.3 Å². The standard InChI is InChI=1S/C19H27N3O4/c1-19(2,3)26-18(25)22-10-8-13(9-11-22)17(24)21-15-7-5-6-14(12-15)16(23)20-4/h5-7,12-13H,8-11H2,1-4H3,(H,20,23)(H,21,24). The van der Waals surface area contributed by atoms with E-state index >= 15 is 0 Å². The first-order valence-electron chi connectivity index (χ1n) is 8.80. The third-order valence-electron chi connectivity index (χ3n) is 4.14. The van der Waals surface area contributed by atoms with Crippen LogP contribution in [0.2, 0.25) is 0 Å². The summed E-state index contributed by atoms with van der Waals surface area (Å²) in [5.74, 6) is -0.466. The van der Waals surface area contributed by atoms with E-state index in [9.17, 15) is 14.4 Å². The number of carbonyl (C=O) groups excluding carboxylic acids is 3. The Morgan fingerprint density at radius 2 is 1.81 bits per heavy atom. The molecule has 0 unspecified atom stereocenters. The summed E-state index contributed by atoms with van der Waals surface area (Å²) >= 11 is 0. The molecule has 142 valence electrons. The molecule has 1 aromatic rings. The first-order valence-corrected chi connectivity index (χ1v) is 8.80. The SMILES string of the molecule is CNC(=O)c1cccc(NC(=O)C2CCN(C(=O)OC(C)(C)C)CC2)c1. The van der Waals surface area contributed by atoms with E-state index in [1.54, 1.807) is 36.2 Å². The lowest BCUT2D eigenvalue weighted by atomic mass is 9.96. The number of anilines is 1. The molecule has 1 heterocycles. The first kappa shape index (κ1) is 19.8. The van der Waals surface area contributed by atoms with Crippen LogP contribution in [0.5, 0.6) is 0 Å². The summed E-state index contributed by atoms with van der Waals surface area (Å²) in [6.45, 7) is 6.48. The van der Waals surface area contributed by atoms with Crippen molar-refractivity contribution in [3.8, 4) is 0 Å². The molecule has 0 aromatic heterocycles. The van der Waals surface area contributed by atoms with Crippen molar-refractivity contribution in [1.82, 2.24) is 10.2 Å². The highest BCUT2D eigenvalue weighted by atomic mass is 16.6. The zero-order valence-electron chi connectivity index (χ0n) is 15.8. The smallest absolute Gasteiger partial charge is 0.410 e. The Labute approximate surface area is 154 Å². The van der Waals surface area contributed by atoms with Crippen molar-refractivity contribution in [1.29, 1.82) is 0 Å². The van der Waals surface area contributed by atoms with Gasteiger partial charge in [0.2, 0.25) is 5.91 Å². The number of nitrogens with one attached hydrogen (secondary N) is 2. The summed E-state index contributed by atoms with van der Waals surface area (Å²) in [5, 5.41) is 5.42. The number of ether oxygens (including phenoxy) is 1. The van der Waals surface area contributed by atoms with Crippen LogP contribution in [-0.2, 0) is 9.53 Å². The van der Waals surface area contributed by atoms with Crippen LogP contribution in [-0.4, -0.2) is 48.5 Å². The summed E-state index contributed by atoms with van der Waals surface area (Å²) < 4.78 is 5.36. The lowest BCUT2D eigenvalue weighted by molar-refractivity contribution is -0.121. The molecule has 1 aromatic carbocycles. The van der Waals surface area contributed by atoms with Crippen LogP contribution in [0.4, 0.5) is 10.5 Å². The molecule has 0 atom stereocenters. The molecule has 1 fully saturated rings. The van der Waals surface area contributed by atoms with Gasteiger partial charge in [0.05, 0.1) is 0 Å². The second kappa shape index (κ2) is 8.21. The molecule has 1 aliphatic rings. The van der Waals surface area contributed by atoms with Gasteiger partial charge in [0.25, 0.3) is 5.91 Å². The molecule has 0 saturated carbocycles. The van der Waals surface area contributed by atoms with Crippen LogP contribution in [0.3, 0.4) is 0 Å². The average molecular weight is 361 g/mol. The van der Waals surface area contributed by atoms with E-state index in [1.807, 2.05) is 20.8 Å². The lowest BCUT2D eigenvalue weighted by Crippen LogP contribution is -2.43. The molecule has 1 saturated heterocycles. The van der Waals surface area contributed by atoms with E-state index in [4.69, 9.17) is 4.74 Å². The van der Waals surface area contributed by atoms with Gasteiger partial charge in [-0.25, -0.2) is 4.79 Å². The zero-order valence-corrected chi connectivity index (χ0v) is 15.8. The first-order chi connectivity index (χ1) is 12.2. The van der Waals surface area contributed by atoms with Crippen molar-refractivity contribution in [3.05, 3.63) is 29.8 Å². The topological polar surface area (TPSA) is 87.7 Å². The summed E-state index contributed by atoms with van der Waals surface area (Å²) in [6.07, 6.45) is 0.829. The van der Waals surface area contributed by atoms with Gasteiger partial charge in [0, 0.05) is 37.3 Å². The summed E-state index contributed by atoms with van der Waals surface area (Å²) in [5.41, 5.74) is 0.553. The molecular formula is C19H27N3O4. The number of hydrogen-bond donors (Lipinski definition) is 2. The van der Waals surface area contributed by atoms with Crippen molar-refractivity contribution < 1.29 is 19.1 Å². The van der Waals surface area contributed by atoms with Crippen molar-refractivity contribution in [3.63, 3.8) is 0 Å². The molecule has 7 nitrogen and oxygen atoms in total. The maximum absolute atomic E-state index is 12.5. The fourth-order valence-corrected chi connectivity index (χ4v) is 2.78. The maximum Gasteiger partial charge on any atom is 0.410 e. The van der Waals surface area contributed by atoms with Crippen LogP contribution in [0.25, 0.3) is 0 Å². The molecule has 26 heavy (non-hydrogen) atoms. The van der Waals surface area contributed by atoms with Gasteiger partial charge in [-0.3, -0.25) is 9.59 Å². The Bertz CT molecular complexity index is 674. The zero-order chi connectivity index (χ0) is 19.3. The second-order valence-electron chi connectivity index (χ2n) is 7.39. The maximum atomic E-state index is 12.5. The minimum atomic E-state index is -0.527. The highest BCUT2D eigenvalue weighted by Gasteiger charge is 2.29. The van der Waals surface area contributed by atoms with Crippen LogP contribution < -0.4 is 10.6 Å². The molecule has 2 rings (SSSR count). The predicted octanol–water partition coefficient (Wildman–Crippen LogP) is 2.63. The van der Waals surface area contributed by atoms with Crippen molar-refractivity contribution in [2.24, 2.45) is 5.92 Å². The number of hydrogen-bond acceptors (Lipinski definition) is 4. The molecule has 0 spiro atoms. The largest absolute Gasteiger partial charge is 0.444 e. The third-order valence-corrected chi connectivity index (χ3v) is 4.14. The van der Waals surface area contributed by atoms with Crippen molar-refractivity contribution in [2.75, 3.05) is 25.5 Å². The number of likely N-dealkylation sites (tertiary alicyclic amines) is 1. The van der Waals surface area contributed by atoms with Gasteiger partial charge in [-0.1, -0.05) is 6.07 Å². The van der Waals surface area contributed by atoms with E-state index in [1.165, 1.54) is 0 Å². The van der Waals surface area contributed by atoms with E-state index in [-0.39, 0.29) is 23.8 Å². The minimum Gasteiger partial charge on any atom is -0.444 e. The van der Waals surface area contributed by atoms with E-state index in [0.717, 1.165) is 0 Å². The van der Waals surface area contributed by atoms with E-state index in [0.29, 0.717) is 37.2 Å². The average Bonchev–Trinajstić information content (AvgIpc) is 2.60. The normalized spacial score (nSPS) is 15.3. The molecule has 7 heteroatoms. The lowest BCUT2D eigenvalue weighted by Gasteiger charge is -2.32. The van der Waals surface area contributed by atoms with E-state index in [2.05, 4.69) is 10.6 Å². The van der Waals surface area contributed by atoms with Crippen molar-refractivity contribution in [2.45, 2.75) is 39.2 Å². The molecule has 0 bridgehead atoms. The van der Waals surface area contributed by atoms with Gasteiger partial charge in [0.15, 0.2) is 0 Å². The number of benzene rings is 1. The Morgan fingerprint density at radius 1 is 1.15 bits per heavy atom. The molecule has 0 radical (unpaired) electrons. The Morgan fingerprint density at radius 3 is 2.38 bits per heavy atom. The Hall–Kier alpha value is -2.57. The molecule has 1 aliphatic heterocycles. The highest BCUT2D eigenvalue weighted by Crippen LogP contribution is 2.21. The van der Waals surface area contributed by atoms with Crippen LogP contribution in [0, 0.1) is 5.92 Å². The predicted molar refractivity (Wildman–Crippen MR) is 99.0 cm³/mol. The molecule has 2 N–H and O–H groups in total. The monoisotopic (exact) mass is 361 g/mol. The molecular weight excluding hydrogens is 334 g/mol. The number of piperidine rings is 1. The summed E-state index contributed by atoms with van der Waals surface area (Å²) in [4.78, 5) is 37.9.